The van der Waals surface area contributed by atoms with Crippen LogP contribution < -0.4 is 5.32 Å². The second kappa shape index (κ2) is 8.21. The van der Waals surface area contributed by atoms with Crippen LogP contribution in [-0.4, -0.2) is 39.9 Å². The van der Waals surface area contributed by atoms with Gasteiger partial charge in [-0.25, -0.2) is 9.97 Å². The molecular weight excluding hydrogens is 312 g/mol. The third-order valence-electron chi connectivity index (χ3n) is 4.84. The highest BCUT2D eigenvalue weighted by molar-refractivity contribution is 5.96. The van der Waals surface area contributed by atoms with Crippen LogP contribution in [0.5, 0.6) is 0 Å². The number of amides is 1. The van der Waals surface area contributed by atoms with Crippen molar-refractivity contribution in [2.75, 3.05) is 13.1 Å². The smallest absolute Gasteiger partial charge is 0.254 e. The number of hydrogen-bond donors (Lipinski definition) is 1. The van der Waals surface area contributed by atoms with Gasteiger partial charge in [-0.2, -0.15) is 0 Å². The lowest BCUT2D eigenvalue weighted by atomic mass is 10.0. The normalized spacial score (nSPS) is 17.8. The first kappa shape index (κ1) is 17.5. The second-order valence-corrected chi connectivity index (χ2v) is 6.83. The van der Waals surface area contributed by atoms with Gasteiger partial charge in [0.05, 0.1) is 0 Å². The van der Waals surface area contributed by atoms with Gasteiger partial charge in [0.1, 0.15) is 6.33 Å². The Balaban J connectivity index is 1.91. The lowest BCUT2D eigenvalue weighted by Gasteiger charge is -2.32. The first-order chi connectivity index (χ1) is 12.1. The number of nitrogens with one attached hydrogen (secondary N) is 1. The van der Waals surface area contributed by atoms with E-state index in [9.17, 15) is 4.79 Å². The van der Waals surface area contributed by atoms with E-state index in [-0.39, 0.29) is 11.9 Å². The molecule has 1 N–H and O–H groups in total. The Morgan fingerprint density at radius 3 is 2.80 bits per heavy atom. The van der Waals surface area contributed by atoms with Crippen molar-refractivity contribution in [3.05, 3.63) is 59.2 Å². The van der Waals surface area contributed by atoms with Crippen molar-refractivity contribution >= 4 is 5.91 Å². The van der Waals surface area contributed by atoms with Crippen molar-refractivity contribution in [2.45, 2.75) is 45.7 Å². The Kier molecular flexibility index (Phi) is 5.76. The number of benzene rings is 1. The molecule has 5 nitrogen and oxygen atoms in total. The van der Waals surface area contributed by atoms with Crippen molar-refractivity contribution in [3.63, 3.8) is 0 Å². The van der Waals surface area contributed by atoms with E-state index in [2.05, 4.69) is 21.4 Å². The van der Waals surface area contributed by atoms with E-state index in [1.165, 1.54) is 6.33 Å². The SMILES string of the molecule is Cc1ccc(C)c(C(=O)N(Cc2cncnc2)[C@@H]2CCCNCC2)c1. The minimum atomic E-state index is 0.108. The van der Waals surface area contributed by atoms with Gasteiger partial charge >= 0.3 is 0 Å². The zero-order valence-corrected chi connectivity index (χ0v) is 15.0. The number of rotatable bonds is 4. The second-order valence-electron chi connectivity index (χ2n) is 6.83. The van der Waals surface area contributed by atoms with E-state index in [1.807, 2.05) is 30.9 Å². The van der Waals surface area contributed by atoms with Crippen LogP contribution in [-0.2, 0) is 6.54 Å². The third kappa shape index (κ3) is 4.42. The van der Waals surface area contributed by atoms with E-state index in [4.69, 9.17) is 0 Å². The van der Waals surface area contributed by atoms with Gasteiger partial charge < -0.3 is 10.2 Å². The fourth-order valence-electron chi connectivity index (χ4n) is 3.41. The minimum absolute atomic E-state index is 0.108. The predicted molar refractivity (Wildman–Crippen MR) is 98.3 cm³/mol. The fourth-order valence-corrected chi connectivity index (χ4v) is 3.41. The monoisotopic (exact) mass is 338 g/mol. The van der Waals surface area contributed by atoms with Crippen molar-refractivity contribution in [1.29, 1.82) is 0 Å². The third-order valence-corrected chi connectivity index (χ3v) is 4.84. The van der Waals surface area contributed by atoms with E-state index in [1.54, 1.807) is 12.4 Å². The number of carbonyl (C=O) groups is 1. The molecule has 1 atom stereocenters. The molecule has 132 valence electrons. The van der Waals surface area contributed by atoms with Gasteiger partial charge in [0.15, 0.2) is 0 Å². The molecule has 0 bridgehead atoms. The number of aryl methyl sites for hydroxylation is 2. The molecule has 1 fully saturated rings. The van der Waals surface area contributed by atoms with Crippen molar-refractivity contribution in [3.8, 4) is 0 Å². The highest BCUT2D eigenvalue weighted by atomic mass is 16.2. The average Bonchev–Trinajstić information content (AvgIpc) is 2.91. The maximum atomic E-state index is 13.4. The summed E-state index contributed by atoms with van der Waals surface area (Å²) in [5.41, 5.74) is 3.91. The molecule has 5 heteroatoms. The molecule has 25 heavy (non-hydrogen) atoms. The molecule has 1 aromatic carbocycles. The molecule has 1 aromatic heterocycles. The summed E-state index contributed by atoms with van der Waals surface area (Å²) in [6, 6.07) is 6.32. The van der Waals surface area contributed by atoms with Crippen LogP contribution in [0.2, 0.25) is 0 Å². The summed E-state index contributed by atoms with van der Waals surface area (Å²) in [5.74, 6) is 0.108. The quantitative estimate of drug-likeness (QED) is 0.931. The minimum Gasteiger partial charge on any atom is -0.331 e. The Morgan fingerprint density at radius 1 is 1.20 bits per heavy atom. The summed E-state index contributed by atoms with van der Waals surface area (Å²) in [6.07, 6.45) is 8.21. The van der Waals surface area contributed by atoms with Gasteiger partial charge in [0.2, 0.25) is 0 Å². The topological polar surface area (TPSA) is 58.1 Å². The number of aromatic nitrogens is 2. The molecule has 2 aromatic rings. The van der Waals surface area contributed by atoms with Crippen LogP contribution >= 0.6 is 0 Å². The Bertz CT molecular complexity index is 709. The number of nitrogens with zero attached hydrogens (tertiary/aromatic N) is 3. The lowest BCUT2D eigenvalue weighted by molar-refractivity contribution is 0.0644. The maximum absolute atomic E-state index is 13.4. The van der Waals surface area contributed by atoms with Gasteiger partial charge in [-0.05, 0) is 57.8 Å². The molecule has 0 spiro atoms. The lowest BCUT2D eigenvalue weighted by Crippen LogP contribution is -2.40. The molecule has 1 amide bonds. The number of hydrogen-bond acceptors (Lipinski definition) is 4. The van der Waals surface area contributed by atoms with Gasteiger partial charge in [-0.3, -0.25) is 4.79 Å². The molecule has 0 saturated carbocycles. The van der Waals surface area contributed by atoms with Crippen LogP contribution in [0, 0.1) is 13.8 Å². The van der Waals surface area contributed by atoms with Crippen molar-refractivity contribution in [2.24, 2.45) is 0 Å². The van der Waals surface area contributed by atoms with Crippen molar-refractivity contribution in [1.82, 2.24) is 20.2 Å². The summed E-state index contributed by atoms with van der Waals surface area (Å²) in [7, 11) is 0. The largest absolute Gasteiger partial charge is 0.331 e. The zero-order valence-electron chi connectivity index (χ0n) is 15.0. The van der Waals surface area contributed by atoms with Crippen LogP contribution in [0.1, 0.15) is 46.3 Å². The first-order valence-electron chi connectivity index (χ1n) is 8.98. The highest BCUT2D eigenvalue weighted by Crippen LogP contribution is 2.21. The molecule has 1 saturated heterocycles. The molecule has 0 radical (unpaired) electrons. The van der Waals surface area contributed by atoms with E-state index in [0.717, 1.165) is 54.6 Å². The Hall–Kier alpha value is -2.27. The van der Waals surface area contributed by atoms with Crippen LogP contribution in [0.3, 0.4) is 0 Å². The Morgan fingerprint density at radius 2 is 2.00 bits per heavy atom. The molecular formula is C20H26N4O. The van der Waals surface area contributed by atoms with Crippen LogP contribution in [0.25, 0.3) is 0 Å². The van der Waals surface area contributed by atoms with Gasteiger partial charge in [-0.1, -0.05) is 17.7 Å². The molecule has 1 aliphatic rings. The van der Waals surface area contributed by atoms with E-state index in [0.29, 0.717) is 6.54 Å². The van der Waals surface area contributed by atoms with Crippen LogP contribution in [0.15, 0.2) is 36.9 Å². The standard InChI is InChI=1S/C20H26N4O/c1-15-5-6-16(2)19(10-15)20(25)24(13-17-11-22-14-23-12-17)18-4-3-8-21-9-7-18/h5-6,10-12,14,18,21H,3-4,7-9,13H2,1-2H3/t18-/m1/s1. The maximum Gasteiger partial charge on any atom is 0.254 e. The van der Waals surface area contributed by atoms with Crippen molar-refractivity contribution < 1.29 is 4.79 Å². The summed E-state index contributed by atoms with van der Waals surface area (Å²) >= 11 is 0. The van der Waals surface area contributed by atoms with E-state index >= 15 is 0 Å². The van der Waals surface area contributed by atoms with Gasteiger partial charge in [-0.15, -0.1) is 0 Å². The molecule has 0 unspecified atom stereocenters. The fraction of sp³-hybridized carbons (Fsp3) is 0.450. The first-order valence-corrected chi connectivity index (χ1v) is 8.98. The summed E-state index contributed by atoms with van der Waals surface area (Å²) < 4.78 is 0. The number of carbonyl (C=O) groups excluding carboxylic acids is 1. The average molecular weight is 338 g/mol. The van der Waals surface area contributed by atoms with E-state index < -0.39 is 0 Å². The molecule has 3 rings (SSSR count). The summed E-state index contributed by atoms with van der Waals surface area (Å²) in [5, 5.41) is 3.43. The van der Waals surface area contributed by atoms with Gasteiger partial charge in [0, 0.05) is 36.1 Å². The van der Waals surface area contributed by atoms with Crippen LogP contribution in [0.4, 0.5) is 0 Å². The predicted octanol–water partition coefficient (Wildman–Crippen LogP) is 2.88. The van der Waals surface area contributed by atoms with Gasteiger partial charge in [0.25, 0.3) is 5.91 Å². The Labute approximate surface area is 149 Å². The molecule has 1 aliphatic heterocycles. The summed E-state index contributed by atoms with van der Waals surface area (Å²) in [6.45, 7) is 6.56. The molecule has 0 aliphatic carbocycles. The summed E-state index contributed by atoms with van der Waals surface area (Å²) in [4.78, 5) is 23.6. The highest BCUT2D eigenvalue weighted by Gasteiger charge is 2.26. The zero-order chi connectivity index (χ0) is 17.6. The molecule has 2 heterocycles.